The fourth-order valence-electron chi connectivity index (χ4n) is 4.08. The van der Waals surface area contributed by atoms with Crippen LogP contribution in [0.1, 0.15) is 28.5 Å². The number of nitrogens with one attached hydrogen (secondary N) is 2. The van der Waals surface area contributed by atoms with Crippen LogP contribution in [0, 0.1) is 0 Å². The summed E-state index contributed by atoms with van der Waals surface area (Å²) in [5, 5.41) is 16.5. The summed E-state index contributed by atoms with van der Waals surface area (Å²) >= 11 is 0. The van der Waals surface area contributed by atoms with E-state index < -0.39 is 6.10 Å². The van der Waals surface area contributed by atoms with Gasteiger partial charge in [-0.1, -0.05) is 24.3 Å². The first kappa shape index (κ1) is 21.3. The van der Waals surface area contributed by atoms with Gasteiger partial charge in [-0.05, 0) is 29.7 Å². The van der Waals surface area contributed by atoms with Crippen LogP contribution in [0.4, 0.5) is 5.69 Å². The van der Waals surface area contributed by atoms with Gasteiger partial charge in [-0.3, -0.25) is 19.5 Å². The molecular formula is C23H29N5O3. The van der Waals surface area contributed by atoms with Crippen LogP contribution in [0.5, 0.6) is 0 Å². The third-order valence-electron chi connectivity index (χ3n) is 5.87. The van der Waals surface area contributed by atoms with E-state index in [1.54, 1.807) is 30.2 Å². The smallest absolute Gasteiger partial charge is 0.270 e. The Morgan fingerprint density at radius 2 is 2.00 bits per heavy atom. The zero-order valence-electron chi connectivity index (χ0n) is 17.8. The number of β-amino-alcohol motifs (C(OH)–C–C–N with tert-alkyl or cyclic N) is 1. The van der Waals surface area contributed by atoms with Gasteiger partial charge in [0.2, 0.25) is 5.91 Å². The average molecular weight is 424 g/mol. The largest absolute Gasteiger partial charge is 0.390 e. The fourth-order valence-corrected chi connectivity index (χ4v) is 4.08. The highest BCUT2D eigenvalue weighted by atomic mass is 16.3. The van der Waals surface area contributed by atoms with E-state index in [1.807, 2.05) is 6.07 Å². The van der Waals surface area contributed by atoms with Crippen molar-refractivity contribution >= 4 is 17.5 Å². The Hall–Kier alpha value is -2.97. The molecule has 0 radical (unpaired) electrons. The molecule has 2 amide bonds. The highest BCUT2D eigenvalue weighted by Gasteiger charge is 2.28. The molecule has 1 unspecified atom stereocenters. The molecule has 1 atom stereocenters. The van der Waals surface area contributed by atoms with Crippen LogP contribution < -0.4 is 10.6 Å². The van der Waals surface area contributed by atoms with Gasteiger partial charge in [-0.2, -0.15) is 0 Å². The molecule has 0 aliphatic carbocycles. The Morgan fingerprint density at radius 3 is 2.77 bits per heavy atom. The molecule has 8 nitrogen and oxygen atoms in total. The molecule has 2 aliphatic heterocycles. The highest BCUT2D eigenvalue weighted by Crippen LogP contribution is 2.19. The van der Waals surface area contributed by atoms with Crippen molar-refractivity contribution in [1.29, 1.82) is 0 Å². The van der Waals surface area contributed by atoms with Gasteiger partial charge in [0.15, 0.2) is 0 Å². The minimum atomic E-state index is -0.650. The molecule has 0 bridgehead atoms. The number of amides is 2. The molecule has 31 heavy (non-hydrogen) atoms. The van der Waals surface area contributed by atoms with Gasteiger partial charge in [0, 0.05) is 58.1 Å². The van der Waals surface area contributed by atoms with E-state index in [1.165, 1.54) is 11.1 Å². The number of aliphatic hydroxyl groups excluding tert-OH is 1. The van der Waals surface area contributed by atoms with Crippen LogP contribution in [-0.2, 0) is 17.8 Å². The normalized spacial score (nSPS) is 17.4. The second kappa shape index (κ2) is 9.45. The summed E-state index contributed by atoms with van der Waals surface area (Å²) in [6.07, 6.45) is 1.91. The van der Waals surface area contributed by atoms with Gasteiger partial charge in [-0.25, -0.2) is 0 Å². The van der Waals surface area contributed by atoms with Crippen LogP contribution >= 0.6 is 0 Å². The van der Waals surface area contributed by atoms with Crippen molar-refractivity contribution in [1.82, 2.24) is 20.1 Å². The van der Waals surface area contributed by atoms with Gasteiger partial charge >= 0.3 is 0 Å². The minimum Gasteiger partial charge on any atom is -0.390 e. The number of anilines is 1. The molecule has 1 saturated heterocycles. The molecule has 3 heterocycles. The lowest BCUT2D eigenvalue weighted by molar-refractivity contribution is -0.132. The SMILES string of the molecule is CC(=O)N1CC(Nc2ccnc(C(=O)NCC(O)CN3CCc4ccccc4C3)c2)C1. The highest BCUT2D eigenvalue weighted by molar-refractivity contribution is 5.93. The van der Waals surface area contributed by atoms with Crippen molar-refractivity contribution in [3.63, 3.8) is 0 Å². The monoisotopic (exact) mass is 423 g/mol. The molecule has 164 valence electrons. The summed E-state index contributed by atoms with van der Waals surface area (Å²) in [6, 6.07) is 12.1. The number of aliphatic hydroxyl groups is 1. The Labute approximate surface area is 182 Å². The van der Waals surface area contributed by atoms with E-state index in [-0.39, 0.29) is 24.4 Å². The number of fused-ring (bicyclic) bond motifs is 1. The van der Waals surface area contributed by atoms with E-state index in [0.717, 1.165) is 25.2 Å². The number of benzene rings is 1. The molecule has 8 heteroatoms. The topological polar surface area (TPSA) is 97.8 Å². The lowest BCUT2D eigenvalue weighted by Crippen LogP contribution is -2.56. The summed E-state index contributed by atoms with van der Waals surface area (Å²) in [6.45, 7) is 5.28. The number of pyridine rings is 1. The summed E-state index contributed by atoms with van der Waals surface area (Å²) in [7, 11) is 0. The molecule has 0 saturated carbocycles. The number of aromatic nitrogens is 1. The van der Waals surface area contributed by atoms with Crippen LogP contribution in [-0.4, -0.2) is 76.6 Å². The van der Waals surface area contributed by atoms with Gasteiger partial charge in [0.05, 0.1) is 12.1 Å². The maximum absolute atomic E-state index is 12.5. The second-order valence-electron chi connectivity index (χ2n) is 8.31. The summed E-state index contributed by atoms with van der Waals surface area (Å²) in [4.78, 5) is 31.9. The standard InChI is InChI=1S/C23H29N5O3/c1-16(29)28-13-20(14-28)26-19-6-8-24-22(10-19)23(31)25-11-21(30)15-27-9-7-17-4-2-3-5-18(17)12-27/h2-6,8,10,20-21,30H,7,9,11-15H2,1H3,(H,24,26)(H,25,31). The molecule has 4 rings (SSSR count). The number of rotatable bonds is 7. The lowest BCUT2D eigenvalue weighted by Gasteiger charge is -2.39. The summed E-state index contributed by atoms with van der Waals surface area (Å²) in [5.41, 5.74) is 3.76. The Bertz CT molecular complexity index is 944. The number of carbonyl (C=O) groups is 2. The second-order valence-corrected chi connectivity index (χ2v) is 8.31. The van der Waals surface area contributed by atoms with Crippen molar-refractivity contribution in [3.8, 4) is 0 Å². The molecule has 1 aromatic heterocycles. The van der Waals surface area contributed by atoms with Crippen LogP contribution in [0.25, 0.3) is 0 Å². The number of likely N-dealkylation sites (tertiary alicyclic amines) is 1. The predicted molar refractivity (Wildman–Crippen MR) is 118 cm³/mol. The lowest BCUT2D eigenvalue weighted by atomic mass is 10.00. The van der Waals surface area contributed by atoms with Gasteiger partial charge in [-0.15, -0.1) is 0 Å². The third-order valence-corrected chi connectivity index (χ3v) is 5.87. The van der Waals surface area contributed by atoms with Crippen molar-refractivity contribution in [3.05, 3.63) is 59.4 Å². The average Bonchev–Trinajstić information content (AvgIpc) is 2.74. The fraction of sp³-hybridized carbons (Fsp3) is 0.435. The van der Waals surface area contributed by atoms with Crippen LogP contribution in [0.3, 0.4) is 0 Å². The summed E-state index contributed by atoms with van der Waals surface area (Å²) in [5.74, 6) is -0.245. The quantitative estimate of drug-likeness (QED) is 0.612. The van der Waals surface area contributed by atoms with E-state index in [0.29, 0.717) is 25.3 Å². The minimum absolute atomic E-state index is 0.0696. The Balaban J connectivity index is 1.23. The van der Waals surface area contributed by atoms with Crippen molar-refractivity contribution in [2.45, 2.75) is 32.0 Å². The van der Waals surface area contributed by atoms with Gasteiger partial charge < -0.3 is 20.6 Å². The number of hydrogen-bond donors (Lipinski definition) is 3. The maximum atomic E-state index is 12.5. The van der Waals surface area contributed by atoms with Gasteiger partial charge in [0.1, 0.15) is 5.69 Å². The van der Waals surface area contributed by atoms with E-state index in [9.17, 15) is 14.7 Å². The van der Waals surface area contributed by atoms with Crippen molar-refractivity contribution in [2.75, 3.05) is 38.0 Å². The number of nitrogens with zero attached hydrogens (tertiary/aromatic N) is 3. The predicted octanol–water partition coefficient (Wildman–Crippen LogP) is 0.873. The number of hydrogen-bond acceptors (Lipinski definition) is 6. The first-order valence-electron chi connectivity index (χ1n) is 10.7. The Morgan fingerprint density at radius 1 is 1.23 bits per heavy atom. The number of carbonyl (C=O) groups excluding carboxylic acids is 2. The first-order valence-corrected chi connectivity index (χ1v) is 10.7. The van der Waals surface area contributed by atoms with Crippen molar-refractivity contribution < 1.29 is 14.7 Å². The first-order chi connectivity index (χ1) is 15.0. The molecule has 1 fully saturated rings. The third kappa shape index (κ3) is 5.39. The Kier molecular flexibility index (Phi) is 6.48. The molecular weight excluding hydrogens is 394 g/mol. The summed E-state index contributed by atoms with van der Waals surface area (Å²) < 4.78 is 0. The molecule has 2 aliphatic rings. The molecule has 0 spiro atoms. The molecule has 3 N–H and O–H groups in total. The van der Waals surface area contributed by atoms with E-state index in [2.05, 4.69) is 38.7 Å². The molecule has 1 aromatic carbocycles. The maximum Gasteiger partial charge on any atom is 0.270 e. The van der Waals surface area contributed by atoms with Crippen LogP contribution in [0.2, 0.25) is 0 Å². The zero-order valence-corrected chi connectivity index (χ0v) is 17.8. The van der Waals surface area contributed by atoms with E-state index in [4.69, 9.17) is 0 Å². The van der Waals surface area contributed by atoms with E-state index >= 15 is 0 Å². The van der Waals surface area contributed by atoms with Gasteiger partial charge in [0.25, 0.3) is 5.91 Å². The molecule has 2 aromatic rings. The van der Waals surface area contributed by atoms with Crippen LogP contribution in [0.15, 0.2) is 42.6 Å². The zero-order chi connectivity index (χ0) is 21.8. The van der Waals surface area contributed by atoms with Crippen molar-refractivity contribution in [2.24, 2.45) is 0 Å².